The van der Waals surface area contributed by atoms with Crippen molar-refractivity contribution in [1.29, 1.82) is 0 Å². The third-order valence-corrected chi connectivity index (χ3v) is 6.32. The molecule has 0 bridgehead atoms. The van der Waals surface area contributed by atoms with Crippen molar-refractivity contribution in [2.75, 3.05) is 6.26 Å². The molecule has 1 saturated carbocycles. The van der Waals surface area contributed by atoms with Crippen LogP contribution in [0.5, 0.6) is 0 Å². The van der Waals surface area contributed by atoms with Crippen molar-refractivity contribution in [2.45, 2.75) is 43.5 Å². The lowest BCUT2D eigenvalue weighted by Crippen LogP contribution is -2.39. The molecule has 1 N–H and O–H groups in total. The Morgan fingerprint density at radius 1 is 1.50 bits per heavy atom. The fourth-order valence-electron chi connectivity index (χ4n) is 2.29. The molecule has 1 heterocycles. The van der Waals surface area contributed by atoms with Crippen LogP contribution in [0, 0.1) is 0 Å². The zero-order valence-electron chi connectivity index (χ0n) is 9.54. The van der Waals surface area contributed by atoms with Gasteiger partial charge in [0.2, 0.25) is 0 Å². The maximum Gasteiger partial charge on any atom is 0.0327 e. The fraction of sp³-hybridized carbons (Fsp3) is 0.667. The van der Waals surface area contributed by atoms with Gasteiger partial charge in [-0.3, -0.25) is 0 Å². The van der Waals surface area contributed by atoms with E-state index in [9.17, 15) is 0 Å². The summed E-state index contributed by atoms with van der Waals surface area (Å²) in [6.45, 7) is 1.01. The van der Waals surface area contributed by atoms with Crippen molar-refractivity contribution in [3.63, 3.8) is 0 Å². The number of hydrogen-bond donors (Lipinski definition) is 1. The number of thiophene rings is 1. The molecule has 90 valence electrons. The molecule has 1 aromatic heterocycles. The van der Waals surface area contributed by atoms with Crippen LogP contribution in [-0.4, -0.2) is 17.5 Å². The van der Waals surface area contributed by atoms with Crippen LogP contribution in [0.4, 0.5) is 0 Å². The minimum absolute atomic E-state index is 0.706. The minimum Gasteiger partial charge on any atom is -0.308 e. The van der Waals surface area contributed by atoms with E-state index in [1.54, 1.807) is 0 Å². The van der Waals surface area contributed by atoms with E-state index in [4.69, 9.17) is 0 Å². The van der Waals surface area contributed by atoms with E-state index in [0.29, 0.717) is 6.04 Å². The first kappa shape index (κ1) is 12.9. The van der Waals surface area contributed by atoms with Crippen LogP contribution in [0.2, 0.25) is 0 Å². The maximum absolute atomic E-state index is 3.73. The van der Waals surface area contributed by atoms with E-state index >= 15 is 0 Å². The SMILES string of the molecule is CSC1CCCCC1NCc1sccc1Br. The standard InChI is InChI=1S/C12H18BrNS2/c1-15-11-5-3-2-4-10(11)14-8-12-9(13)6-7-16-12/h6-7,10-11,14H,2-5,8H2,1H3. The Bertz CT molecular complexity index is 327. The molecule has 2 atom stereocenters. The Hall–Kier alpha value is 0.490. The van der Waals surface area contributed by atoms with Gasteiger partial charge in [0.15, 0.2) is 0 Å². The third kappa shape index (κ3) is 3.25. The first-order valence-corrected chi connectivity index (χ1v) is 8.75. The number of halogens is 1. The summed E-state index contributed by atoms with van der Waals surface area (Å²) in [6, 6.07) is 2.84. The Labute approximate surface area is 115 Å². The van der Waals surface area contributed by atoms with E-state index in [1.807, 2.05) is 23.1 Å². The molecular weight excluding hydrogens is 302 g/mol. The zero-order valence-corrected chi connectivity index (χ0v) is 12.8. The summed E-state index contributed by atoms with van der Waals surface area (Å²) in [6.07, 6.45) is 7.76. The summed E-state index contributed by atoms with van der Waals surface area (Å²) in [7, 11) is 0. The molecule has 0 aromatic carbocycles. The minimum atomic E-state index is 0.706. The summed E-state index contributed by atoms with van der Waals surface area (Å²) in [5.74, 6) is 0. The lowest BCUT2D eigenvalue weighted by atomic mass is 9.95. The molecule has 1 nitrogen and oxygen atoms in total. The molecule has 0 saturated heterocycles. The second-order valence-electron chi connectivity index (χ2n) is 4.24. The molecule has 2 rings (SSSR count). The molecule has 0 amide bonds. The van der Waals surface area contributed by atoms with Gasteiger partial charge in [0, 0.05) is 27.2 Å². The predicted octanol–water partition coefficient (Wildman–Crippen LogP) is 4.27. The van der Waals surface area contributed by atoms with Crippen molar-refractivity contribution in [2.24, 2.45) is 0 Å². The number of rotatable bonds is 4. The summed E-state index contributed by atoms with van der Waals surface area (Å²) >= 11 is 7.44. The van der Waals surface area contributed by atoms with Crippen LogP contribution in [0.3, 0.4) is 0 Å². The highest BCUT2D eigenvalue weighted by Gasteiger charge is 2.23. The van der Waals surface area contributed by atoms with E-state index in [1.165, 1.54) is 35.0 Å². The second-order valence-corrected chi connectivity index (χ2v) is 7.17. The smallest absolute Gasteiger partial charge is 0.0327 e. The van der Waals surface area contributed by atoms with Gasteiger partial charge in [-0.25, -0.2) is 0 Å². The van der Waals surface area contributed by atoms with Crippen LogP contribution < -0.4 is 5.32 Å². The van der Waals surface area contributed by atoms with Gasteiger partial charge in [-0.05, 0) is 46.5 Å². The molecule has 0 radical (unpaired) electrons. The molecule has 1 fully saturated rings. The molecule has 0 aliphatic heterocycles. The monoisotopic (exact) mass is 319 g/mol. The molecule has 1 aliphatic rings. The highest BCUT2D eigenvalue weighted by molar-refractivity contribution is 9.10. The Balaban J connectivity index is 1.86. The molecule has 0 spiro atoms. The topological polar surface area (TPSA) is 12.0 Å². The molecule has 2 unspecified atom stereocenters. The zero-order chi connectivity index (χ0) is 11.4. The van der Waals surface area contributed by atoms with E-state index in [2.05, 4.69) is 38.9 Å². The summed E-state index contributed by atoms with van der Waals surface area (Å²) in [5.41, 5.74) is 0. The van der Waals surface area contributed by atoms with Crippen molar-refractivity contribution < 1.29 is 0 Å². The normalized spacial score (nSPS) is 25.9. The molecule has 16 heavy (non-hydrogen) atoms. The van der Waals surface area contributed by atoms with Crippen LogP contribution in [0.25, 0.3) is 0 Å². The van der Waals surface area contributed by atoms with Crippen LogP contribution in [-0.2, 0) is 6.54 Å². The highest BCUT2D eigenvalue weighted by Crippen LogP contribution is 2.28. The number of hydrogen-bond acceptors (Lipinski definition) is 3. The van der Waals surface area contributed by atoms with Gasteiger partial charge in [-0.2, -0.15) is 11.8 Å². The number of nitrogens with one attached hydrogen (secondary N) is 1. The Kier molecular flexibility index (Phi) is 5.20. The first-order chi connectivity index (χ1) is 7.81. The number of thioether (sulfide) groups is 1. The highest BCUT2D eigenvalue weighted by atomic mass is 79.9. The average Bonchev–Trinajstić information content (AvgIpc) is 2.72. The van der Waals surface area contributed by atoms with Crippen molar-refractivity contribution in [3.8, 4) is 0 Å². The summed E-state index contributed by atoms with van der Waals surface area (Å²) in [4.78, 5) is 1.42. The fourth-order valence-corrected chi connectivity index (χ4v) is 4.69. The first-order valence-electron chi connectivity index (χ1n) is 5.79. The predicted molar refractivity (Wildman–Crippen MR) is 78.4 cm³/mol. The van der Waals surface area contributed by atoms with E-state index in [0.717, 1.165) is 11.8 Å². The van der Waals surface area contributed by atoms with Gasteiger partial charge in [0.05, 0.1) is 0 Å². The quantitative estimate of drug-likeness (QED) is 0.889. The van der Waals surface area contributed by atoms with Gasteiger partial charge >= 0.3 is 0 Å². The molecular formula is C12H18BrNS2. The maximum atomic E-state index is 3.73. The second kappa shape index (κ2) is 6.43. The van der Waals surface area contributed by atoms with Crippen LogP contribution in [0.1, 0.15) is 30.6 Å². The van der Waals surface area contributed by atoms with E-state index < -0.39 is 0 Å². The van der Waals surface area contributed by atoms with Gasteiger partial charge < -0.3 is 5.32 Å². The third-order valence-electron chi connectivity index (χ3n) is 3.22. The molecule has 1 aromatic rings. The van der Waals surface area contributed by atoms with E-state index in [-0.39, 0.29) is 0 Å². The molecule has 1 aliphatic carbocycles. The van der Waals surface area contributed by atoms with Crippen molar-refractivity contribution >= 4 is 39.0 Å². The lowest BCUT2D eigenvalue weighted by molar-refractivity contribution is 0.384. The summed E-state index contributed by atoms with van der Waals surface area (Å²) in [5, 5.41) is 6.68. The lowest BCUT2D eigenvalue weighted by Gasteiger charge is -2.31. The Morgan fingerprint density at radius 2 is 2.31 bits per heavy atom. The average molecular weight is 320 g/mol. The van der Waals surface area contributed by atoms with Gasteiger partial charge in [0.25, 0.3) is 0 Å². The van der Waals surface area contributed by atoms with Crippen molar-refractivity contribution in [3.05, 3.63) is 20.8 Å². The van der Waals surface area contributed by atoms with Gasteiger partial charge in [-0.1, -0.05) is 12.8 Å². The van der Waals surface area contributed by atoms with Crippen molar-refractivity contribution in [1.82, 2.24) is 5.32 Å². The van der Waals surface area contributed by atoms with Crippen LogP contribution in [0.15, 0.2) is 15.9 Å². The van der Waals surface area contributed by atoms with Crippen LogP contribution >= 0.6 is 39.0 Å². The van der Waals surface area contributed by atoms with Gasteiger partial charge in [-0.15, -0.1) is 11.3 Å². The molecule has 4 heteroatoms. The summed E-state index contributed by atoms with van der Waals surface area (Å²) < 4.78 is 1.25. The largest absolute Gasteiger partial charge is 0.308 e. The Morgan fingerprint density at radius 3 is 3.00 bits per heavy atom. The van der Waals surface area contributed by atoms with Gasteiger partial charge in [0.1, 0.15) is 0 Å².